The van der Waals surface area contributed by atoms with Gasteiger partial charge in [0.1, 0.15) is 29.7 Å². The minimum Gasteiger partial charge on any atom is -0.494 e. The molecule has 0 atom stereocenters. The first-order chi connectivity index (χ1) is 16.8. The average Bonchev–Trinajstić information content (AvgIpc) is 3.23. The topological polar surface area (TPSA) is 119 Å². The van der Waals surface area contributed by atoms with E-state index in [2.05, 4.69) is 19.9 Å². The van der Waals surface area contributed by atoms with Crippen molar-refractivity contribution in [1.82, 2.24) is 14.6 Å². The lowest BCUT2D eigenvalue weighted by Crippen LogP contribution is -2.37. The van der Waals surface area contributed by atoms with Gasteiger partial charge in [-0.25, -0.2) is 18.0 Å². The molecule has 0 bridgehead atoms. The molecule has 1 aromatic heterocycles. The van der Waals surface area contributed by atoms with Crippen LogP contribution in [0, 0.1) is 17.6 Å². The highest BCUT2D eigenvalue weighted by atomic mass is 32.1. The Morgan fingerprint density at radius 2 is 2.03 bits per heavy atom. The number of hydrogen-bond acceptors (Lipinski definition) is 7. The highest BCUT2D eigenvalue weighted by Crippen LogP contribution is 2.32. The number of nitrogens with two attached hydrogens (primary N) is 1. The number of primary amides is 1. The highest BCUT2D eigenvalue weighted by molar-refractivity contribution is 7.11. The number of alkyl halides is 1. The molecule has 0 spiro atoms. The van der Waals surface area contributed by atoms with Crippen LogP contribution in [-0.4, -0.2) is 61.2 Å². The van der Waals surface area contributed by atoms with Crippen molar-refractivity contribution in [1.29, 1.82) is 0 Å². The molecule has 0 unspecified atom stereocenters. The van der Waals surface area contributed by atoms with Crippen molar-refractivity contribution in [2.24, 2.45) is 11.7 Å². The number of anilines is 1. The van der Waals surface area contributed by atoms with Crippen molar-refractivity contribution in [2.45, 2.75) is 25.9 Å². The Hall–Kier alpha value is -3.06. The lowest BCUT2D eigenvalue weighted by Gasteiger charge is -2.31. The zero-order chi connectivity index (χ0) is 25.4. The summed E-state index contributed by atoms with van der Waals surface area (Å²) in [6.07, 6.45) is 2.66. The van der Waals surface area contributed by atoms with Crippen LogP contribution >= 0.6 is 11.5 Å². The fourth-order valence-corrected chi connectivity index (χ4v) is 4.57. The Morgan fingerprint density at radius 1 is 1.29 bits per heavy atom. The molecule has 1 fully saturated rings. The third-order valence-corrected chi connectivity index (χ3v) is 6.55. The number of methoxy groups -OCH3 is 1. The van der Waals surface area contributed by atoms with Gasteiger partial charge in [-0.1, -0.05) is 0 Å². The van der Waals surface area contributed by atoms with E-state index >= 15 is 0 Å². The summed E-state index contributed by atoms with van der Waals surface area (Å²) in [6.45, 7) is 1.64. The third-order valence-electron chi connectivity index (χ3n) is 5.80. The van der Waals surface area contributed by atoms with Crippen molar-refractivity contribution >= 4 is 28.5 Å². The maximum Gasteiger partial charge on any atom is 0.319 e. The number of nitrogens with zero attached hydrogens (tertiary/aromatic N) is 2. The van der Waals surface area contributed by atoms with Crippen LogP contribution in [0.2, 0.25) is 0 Å². The normalized spacial score (nSPS) is 14.5. The number of amides is 3. The van der Waals surface area contributed by atoms with Gasteiger partial charge in [-0.3, -0.25) is 10.1 Å². The van der Waals surface area contributed by atoms with Gasteiger partial charge in [-0.05, 0) is 61.9 Å². The predicted molar refractivity (Wildman–Crippen MR) is 125 cm³/mol. The number of halogens is 3. The van der Waals surface area contributed by atoms with E-state index in [9.17, 15) is 22.8 Å². The smallest absolute Gasteiger partial charge is 0.319 e. The van der Waals surface area contributed by atoms with E-state index in [4.69, 9.17) is 15.2 Å². The molecule has 1 saturated heterocycles. The second kappa shape index (κ2) is 12.6. The zero-order valence-corrected chi connectivity index (χ0v) is 20.1. The van der Waals surface area contributed by atoms with Crippen molar-refractivity contribution < 1.29 is 32.2 Å². The summed E-state index contributed by atoms with van der Waals surface area (Å²) >= 11 is 0.754. The Labute approximate surface area is 204 Å². The molecule has 1 aliphatic heterocycles. The van der Waals surface area contributed by atoms with Crippen molar-refractivity contribution in [3.05, 3.63) is 34.9 Å². The quantitative estimate of drug-likeness (QED) is 0.423. The molecular formula is C22H28F3N5O4S. The van der Waals surface area contributed by atoms with Crippen LogP contribution in [0.1, 0.15) is 35.2 Å². The van der Waals surface area contributed by atoms with Crippen LogP contribution in [-0.2, 0) is 6.61 Å². The molecule has 2 heterocycles. The van der Waals surface area contributed by atoms with E-state index in [0.717, 1.165) is 56.0 Å². The van der Waals surface area contributed by atoms with E-state index in [0.29, 0.717) is 19.0 Å². The van der Waals surface area contributed by atoms with Crippen LogP contribution in [0.3, 0.4) is 0 Å². The predicted octanol–water partition coefficient (Wildman–Crippen LogP) is 3.30. The number of ether oxygens (including phenoxy) is 2. The zero-order valence-electron chi connectivity index (χ0n) is 19.2. The fourth-order valence-electron chi connectivity index (χ4n) is 3.84. The number of likely N-dealkylation sites (tertiary alicyclic amines) is 1. The Bertz CT molecular complexity index is 1030. The Balaban J connectivity index is 1.54. The van der Waals surface area contributed by atoms with E-state index < -0.39 is 35.7 Å². The molecule has 3 amide bonds. The van der Waals surface area contributed by atoms with Gasteiger partial charge in [-0.15, -0.1) is 0 Å². The summed E-state index contributed by atoms with van der Waals surface area (Å²) in [5.41, 5.74) is 4.81. The first-order valence-electron chi connectivity index (χ1n) is 11.1. The van der Waals surface area contributed by atoms with Gasteiger partial charge < -0.3 is 25.4 Å². The van der Waals surface area contributed by atoms with E-state index in [1.54, 1.807) is 0 Å². The highest BCUT2D eigenvalue weighted by Gasteiger charge is 2.24. The van der Waals surface area contributed by atoms with Crippen molar-refractivity contribution in [3.63, 3.8) is 0 Å². The summed E-state index contributed by atoms with van der Waals surface area (Å²) in [7, 11) is 1.24. The second-order valence-corrected chi connectivity index (χ2v) is 8.80. The molecule has 13 heteroatoms. The molecule has 0 saturated carbocycles. The second-order valence-electron chi connectivity index (χ2n) is 8.03. The van der Waals surface area contributed by atoms with Crippen LogP contribution < -0.4 is 25.8 Å². The van der Waals surface area contributed by atoms with Crippen molar-refractivity contribution in [3.8, 4) is 11.6 Å². The summed E-state index contributed by atoms with van der Waals surface area (Å²) < 4.78 is 55.0. The van der Waals surface area contributed by atoms with Gasteiger partial charge >= 0.3 is 6.03 Å². The van der Waals surface area contributed by atoms with Crippen LogP contribution in [0.4, 0.5) is 23.0 Å². The van der Waals surface area contributed by atoms with Crippen LogP contribution in [0.5, 0.6) is 11.6 Å². The molecule has 0 aliphatic carbocycles. The summed E-state index contributed by atoms with van der Waals surface area (Å²) in [6, 6.07) is 1.62. The molecular weight excluding hydrogens is 487 g/mol. The maximum absolute atomic E-state index is 14.3. The van der Waals surface area contributed by atoms with Gasteiger partial charge in [0, 0.05) is 13.1 Å². The van der Waals surface area contributed by atoms with E-state index in [1.165, 1.54) is 7.11 Å². The number of aromatic nitrogens is 1. The van der Waals surface area contributed by atoms with Gasteiger partial charge in [0.15, 0.2) is 11.6 Å². The first-order valence-corrected chi connectivity index (χ1v) is 11.9. The summed E-state index contributed by atoms with van der Waals surface area (Å²) in [5.74, 6) is -2.69. The van der Waals surface area contributed by atoms with Gasteiger partial charge in [0.25, 0.3) is 5.91 Å². The molecule has 35 heavy (non-hydrogen) atoms. The number of hydrogen-bond donors (Lipinski definition) is 3. The standard InChI is InChI=1S/C22H28F3N5O4S/c1-33-16-3-2-15(24)14(18(16)25)12-34-20-17(19(26)31)21(35-29-20)28-22(32)27-8-4-13-5-9-30(10-6-13)11-7-23/h2-3,13H,4-12H2,1H3,(H2,26,31)(H2,27,28,32). The summed E-state index contributed by atoms with van der Waals surface area (Å²) in [4.78, 5) is 26.4. The number of piperidine rings is 1. The minimum absolute atomic E-state index is 0.0520. The van der Waals surface area contributed by atoms with Gasteiger partial charge in [0.05, 0.1) is 12.7 Å². The molecule has 9 nitrogen and oxygen atoms in total. The van der Waals surface area contributed by atoms with E-state index in [1.807, 2.05) is 0 Å². The first kappa shape index (κ1) is 26.5. The number of urea groups is 1. The molecule has 4 N–H and O–H groups in total. The van der Waals surface area contributed by atoms with Crippen molar-refractivity contribution in [2.75, 3.05) is 45.3 Å². The number of nitrogens with one attached hydrogen (secondary N) is 2. The van der Waals surface area contributed by atoms with Gasteiger partial charge in [0.2, 0.25) is 5.88 Å². The van der Waals surface area contributed by atoms with E-state index in [-0.39, 0.29) is 28.9 Å². The fraction of sp³-hybridized carbons (Fsp3) is 0.500. The monoisotopic (exact) mass is 515 g/mol. The average molecular weight is 516 g/mol. The molecule has 0 radical (unpaired) electrons. The summed E-state index contributed by atoms with van der Waals surface area (Å²) in [5, 5.41) is 5.30. The van der Waals surface area contributed by atoms with Gasteiger partial charge in [-0.2, -0.15) is 4.37 Å². The molecule has 2 aromatic rings. The number of carbonyl (C=O) groups is 2. The number of benzene rings is 1. The Morgan fingerprint density at radius 3 is 2.69 bits per heavy atom. The maximum atomic E-state index is 14.3. The van der Waals surface area contributed by atoms with Crippen LogP contribution in [0.15, 0.2) is 12.1 Å². The third kappa shape index (κ3) is 6.98. The SMILES string of the molecule is COc1ccc(F)c(COc2nsc(NC(=O)NCCC3CCN(CCF)CC3)c2C(N)=O)c1F. The lowest BCUT2D eigenvalue weighted by molar-refractivity contribution is 0.0996. The molecule has 3 rings (SSSR count). The van der Waals surface area contributed by atoms with Crippen LogP contribution in [0.25, 0.3) is 0 Å². The Kier molecular flexibility index (Phi) is 9.55. The largest absolute Gasteiger partial charge is 0.494 e. The molecule has 1 aliphatic rings. The minimum atomic E-state index is -0.936. The lowest BCUT2D eigenvalue weighted by atomic mass is 9.93. The molecule has 192 valence electrons. The number of rotatable bonds is 11. The molecule has 1 aromatic carbocycles. The number of carbonyl (C=O) groups excluding carboxylic acids is 2.